The average Bonchev–Trinajstić information content (AvgIpc) is 2.97. The lowest BCUT2D eigenvalue weighted by Gasteiger charge is -2.38. The molecule has 1 fully saturated rings. The van der Waals surface area contributed by atoms with Crippen LogP contribution in [0.15, 0.2) is 12.1 Å². The van der Waals surface area contributed by atoms with Gasteiger partial charge in [-0.05, 0) is 31.5 Å². The Kier molecular flexibility index (Phi) is 6.34. The highest BCUT2D eigenvalue weighted by atomic mass is 35.5. The predicted octanol–water partition coefficient (Wildman–Crippen LogP) is 5.03. The highest BCUT2D eigenvalue weighted by Gasteiger charge is 2.38. The Bertz CT molecular complexity index is 554. The van der Waals surface area contributed by atoms with E-state index in [9.17, 15) is 0 Å². The molecule has 4 nitrogen and oxygen atoms in total. The van der Waals surface area contributed by atoms with Crippen LogP contribution < -0.4 is 4.74 Å². The Morgan fingerprint density at radius 2 is 2.08 bits per heavy atom. The minimum atomic E-state index is -1.78. The normalized spacial score (nSPS) is 20.2. The van der Waals surface area contributed by atoms with Gasteiger partial charge in [-0.1, -0.05) is 32.4 Å². The first-order valence-corrected chi connectivity index (χ1v) is 11.9. The predicted molar refractivity (Wildman–Crippen MR) is 101 cm³/mol. The van der Waals surface area contributed by atoms with Crippen LogP contribution in [0.1, 0.15) is 45.7 Å². The molecule has 0 aromatic carbocycles. The van der Waals surface area contributed by atoms with Crippen molar-refractivity contribution < 1.29 is 13.9 Å². The van der Waals surface area contributed by atoms with Crippen LogP contribution in [0.3, 0.4) is 0 Å². The van der Waals surface area contributed by atoms with E-state index in [-0.39, 0.29) is 11.1 Å². The molecule has 0 radical (unpaired) electrons. The zero-order chi connectivity index (χ0) is 18.0. The Morgan fingerprint density at radius 1 is 1.38 bits per heavy atom. The smallest absolute Gasteiger partial charge is 0.192 e. The zero-order valence-corrected chi connectivity index (χ0v) is 17.4. The van der Waals surface area contributed by atoms with Gasteiger partial charge in [0.25, 0.3) is 0 Å². The van der Waals surface area contributed by atoms with Gasteiger partial charge in [-0.15, -0.1) is 0 Å². The quantitative estimate of drug-likeness (QED) is 0.519. The molecule has 2 heterocycles. The maximum absolute atomic E-state index is 6.33. The van der Waals surface area contributed by atoms with Crippen molar-refractivity contribution in [3.63, 3.8) is 0 Å². The van der Waals surface area contributed by atoms with Crippen molar-refractivity contribution >= 4 is 19.9 Å². The van der Waals surface area contributed by atoms with E-state index < -0.39 is 8.32 Å². The van der Waals surface area contributed by atoms with E-state index in [0.717, 1.165) is 24.5 Å². The van der Waals surface area contributed by atoms with Crippen LogP contribution in [0.25, 0.3) is 0 Å². The fraction of sp³-hybridized carbons (Fsp3) is 0.722. The Morgan fingerprint density at radius 3 is 2.67 bits per heavy atom. The molecule has 6 heteroatoms. The lowest BCUT2D eigenvalue weighted by atomic mass is 10.0. The number of hydrogen-bond acceptors (Lipinski definition) is 4. The number of nitrogens with zero attached hydrogens (tertiary/aromatic N) is 1. The summed E-state index contributed by atoms with van der Waals surface area (Å²) in [6, 6.07) is 3.74. The number of rotatable bonds is 6. The molecule has 2 rings (SSSR count). The van der Waals surface area contributed by atoms with E-state index in [0.29, 0.717) is 24.3 Å². The summed E-state index contributed by atoms with van der Waals surface area (Å²) >= 11 is 6.15. The fourth-order valence-electron chi connectivity index (χ4n) is 2.48. The van der Waals surface area contributed by atoms with Gasteiger partial charge in [0.15, 0.2) is 8.32 Å². The van der Waals surface area contributed by atoms with Gasteiger partial charge >= 0.3 is 0 Å². The molecule has 0 amide bonds. The van der Waals surface area contributed by atoms with Gasteiger partial charge in [-0.25, -0.2) is 4.98 Å². The lowest BCUT2D eigenvalue weighted by Crippen LogP contribution is -2.44. The number of hydrogen-bond donors (Lipinski definition) is 0. The first-order chi connectivity index (χ1) is 11.1. The average molecular weight is 372 g/mol. The standard InChI is InChI=1S/C18H30ClNO3Si/c1-13(23-24(5,6)18(2,3)4)11-22-15-9-16(20-17(19)10-15)14-7-8-21-12-14/h9-10,13-14H,7-8,11-12H2,1-6H3/t13-,14?/m0/s1. The molecular weight excluding hydrogens is 342 g/mol. The number of ether oxygens (including phenoxy) is 2. The molecule has 1 aromatic rings. The Hall–Kier alpha value is -0.623. The fourth-order valence-corrected chi connectivity index (χ4v) is 4.11. The van der Waals surface area contributed by atoms with Crippen molar-refractivity contribution in [2.75, 3.05) is 19.8 Å². The Balaban J connectivity index is 1.96. The summed E-state index contributed by atoms with van der Waals surface area (Å²) in [5.74, 6) is 1.06. The molecule has 0 saturated carbocycles. The van der Waals surface area contributed by atoms with Gasteiger partial charge in [0, 0.05) is 24.7 Å². The molecular formula is C18H30ClNO3Si. The van der Waals surface area contributed by atoms with Crippen molar-refractivity contribution in [3.05, 3.63) is 23.0 Å². The van der Waals surface area contributed by atoms with Crippen molar-refractivity contribution in [1.82, 2.24) is 4.98 Å². The molecule has 0 aliphatic carbocycles. The Labute approximate surface area is 152 Å². The molecule has 1 aromatic heterocycles. The third-order valence-electron chi connectivity index (χ3n) is 4.92. The van der Waals surface area contributed by atoms with Gasteiger partial charge < -0.3 is 13.9 Å². The largest absolute Gasteiger partial charge is 0.491 e. The lowest BCUT2D eigenvalue weighted by molar-refractivity contribution is 0.129. The number of pyridine rings is 1. The van der Waals surface area contributed by atoms with Gasteiger partial charge in [0.05, 0.1) is 18.4 Å². The second-order valence-electron chi connectivity index (χ2n) is 8.11. The topological polar surface area (TPSA) is 40.6 Å². The third kappa shape index (κ3) is 5.18. The maximum atomic E-state index is 6.33. The summed E-state index contributed by atoms with van der Waals surface area (Å²) in [7, 11) is -1.78. The van der Waals surface area contributed by atoms with Crippen LogP contribution in [0.2, 0.25) is 23.3 Å². The number of halogens is 1. The molecule has 0 N–H and O–H groups in total. The minimum Gasteiger partial charge on any atom is -0.491 e. The molecule has 1 aliphatic heterocycles. The van der Waals surface area contributed by atoms with Gasteiger partial charge in [-0.2, -0.15) is 0 Å². The molecule has 1 unspecified atom stereocenters. The molecule has 1 aliphatic rings. The van der Waals surface area contributed by atoms with Crippen LogP contribution in [0.4, 0.5) is 0 Å². The summed E-state index contributed by atoms with van der Waals surface area (Å²) in [5, 5.41) is 0.657. The van der Waals surface area contributed by atoms with Crippen LogP contribution in [-0.2, 0) is 9.16 Å². The minimum absolute atomic E-state index is 0.0381. The molecule has 0 spiro atoms. The summed E-state index contributed by atoms with van der Waals surface area (Å²) in [5.41, 5.74) is 0.952. The SMILES string of the molecule is C[C@@H](COc1cc(Cl)nc(C2CCOC2)c1)O[Si](C)(C)C(C)(C)C. The second-order valence-corrected chi connectivity index (χ2v) is 13.3. The van der Waals surface area contributed by atoms with E-state index in [1.807, 2.05) is 6.07 Å². The monoisotopic (exact) mass is 371 g/mol. The van der Waals surface area contributed by atoms with Crippen molar-refractivity contribution in [1.29, 1.82) is 0 Å². The van der Waals surface area contributed by atoms with Crippen molar-refractivity contribution in [3.8, 4) is 5.75 Å². The van der Waals surface area contributed by atoms with E-state index >= 15 is 0 Å². The van der Waals surface area contributed by atoms with Crippen LogP contribution in [0.5, 0.6) is 5.75 Å². The molecule has 1 saturated heterocycles. The zero-order valence-electron chi connectivity index (χ0n) is 15.7. The second kappa shape index (κ2) is 7.73. The highest BCUT2D eigenvalue weighted by molar-refractivity contribution is 6.74. The van der Waals surface area contributed by atoms with Crippen molar-refractivity contribution in [2.45, 2.75) is 64.3 Å². The number of aromatic nitrogens is 1. The van der Waals surface area contributed by atoms with Gasteiger partial charge in [0.1, 0.15) is 17.5 Å². The molecule has 0 bridgehead atoms. The third-order valence-corrected chi connectivity index (χ3v) is 9.72. The van der Waals surface area contributed by atoms with Crippen LogP contribution in [0, 0.1) is 0 Å². The van der Waals surface area contributed by atoms with Gasteiger partial charge in [-0.3, -0.25) is 0 Å². The van der Waals surface area contributed by atoms with Crippen LogP contribution >= 0.6 is 11.6 Å². The van der Waals surface area contributed by atoms with Gasteiger partial charge in [0.2, 0.25) is 0 Å². The first kappa shape index (κ1) is 19.7. The molecule has 2 atom stereocenters. The van der Waals surface area contributed by atoms with E-state index in [4.69, 9.17) is 25.5 Å². The highest BCUT2D eigenvalue weighted by Crippen LogP contribution is 2.37. The molecule has 24 heavy (non-hydrogen) atoms. The van der Waals surface area contributed by atoms with Crippen molar-refractivity contribution in [2.24, 2.45) is 0 Å². The summed E-state index contributed by atoms with van der Waals surface area (Å²) in [6.45, 7) is 15.3. The van der Waals surface area contributed by atoms with E-state index in [2.05, 4.69) is 45.8 Å². The maximum Gasteiger partial charge on any atom is 0.192 e. The van der Waals surface area contributed by atoms with E-state index in [1.165, 1.54) is 0 Å². The van der Waals surface area contributed by atoms with E-state index in [1.54, 1.807) is 6.07 Å². The summed E-state index contributed by atoms with van der Waals surface area (Å²) in [4.78, 5) is 4.42. The summed E-state index contributed by atoms with van der Waals surface area (Å²) in [6.07, 6.45) is 1.02. The van der Waals surface area contributed by atoms with Crippen LogP contribution in [-0.4, -0.2) is 39.2 Å². The molecule has 136 valence electrons. The first-order valence-electron chi connectivity index (χ1n) is 8.64. The summed E-state index contributed by atoms with van der Waals surface area (Å²) < 4.78 is 17.7.